The molecule has 1 fully saturated rings. The molecule has 0 unspecified atom stereocenters. The van der Waals surface area contributed by atoms with E-state index in [9.17, 15) is 9.18 Å². The summed E-state index contributed by atoms with van der Waals surface area (Å²) >= 11 is 0. The molecular weight excluding hydrogens is 399 g/mol. The van der Waals surface area contributed by atoms with Gasteiger partial charge in [0.05, 0.1) is 13.2 Å². The van der Waals surface area contributed by atoms with E-state index in [-0.39, 0.29) is 17.5 Å². The van der Waals surface area contributed by atoms with Crippen LogP contribution in [0.2, 0.25) is 0 Å². The molecule has 1 saturated heterocycles. The summed E-state index contributed by atoms with van der Waals surface area (Å²) < 4.78 is 29.9. The van der Waals surface area contributed by atoms with Crippen molar-refractivity contribution in [2.45, 2.75) is 6.54 Å². The molecule has 1 aromatic heterocycles. The van der Waals surface area contributed by atoms with Crippen molar-refractivity contribution in [2.75, 3.05) is 39.5 Å². The lowest BCUT2D eigenvalue weighted by Crippen LogP contribution is -2.38. The number of benzene rings is 2. The molecule has 0 radical (unpaired) electrons. The van der Waals surface area contributed by atoms with Crippen LogP contribution in [-0.2, 0) is 11.3 Å². The fraction of sp³-hybridized carbons (Fsp3) is 0.292. The summed E-state index contributed by atoms with van der Waals surface area (Å²) in [6.45, 7) is 5.24. The van der Waals surface area contributed by atoms with Crippen molar-refractivity contribution in [3.8, 4) is 17.1 Å². The second-order valence-corrected chi connectivity index (χ2v) is 7.30. The van der Waals surface area contributed by atoms with E-state index in [1.165, 1.54) is 12.1 Å². The zero-order valence-corrected chi connectivity index (χ0v) is 17.2. The minimum atomic E-state index is -0.319. The first-order valence-corrected chi connectivity index (χ1v) is 10.3. The Labute approximate surface area is 180 Å². The summed E-state index contributed by atoms with van der Waals surface area (Å²) in [5, 5.41) is 2.85. The number of amides is 1. The zero-order chi connectivity index (χ0) is 21.5. The summed E-state index contributed by atoms with van der Waals surface area (Å²) in [4.78, 5) is 14.8. The smallest absolute Gasteiger partial charge is 0.287 e. The van der Waals surface area contributed by atoms with Crippen LogP contribution in [-0.4, -0.2) is 50.3 Å². The molecule has 2 aromatic carbocycles. The third-order valence-electron chi connectivity index (χ3n) is 5.09. The second kappa shape index (κ2) is 10.2. The third-order valence-corrected chi connectivity index (χ3v) is 5.09. The monoisotopic (exact) mass is 424 g/mol. The van der Waals surface area contributed by atoms with Crippen molar-refractivity contribution in [3.05, 3.63) is 77.8 Å². The highest BCUT2D eigenvalue weighted by atomic mass is 19.1. The Morgan fingerprint density at radius 3 is 2.68 bits per heavy atom. The highest BCUT2D eigenvalue weighted by Gasteiger charge is 2.13. The zero-order valence-electron chi connectivity index (χ0n) is 17.2. The predicted octanol–water partition coefficient (Wildman–Crippen LogP) is 3.73. The number of halogens is 1. The summed E-state index contributed by atoms with van der Waals surface area (Å²) in [5.41, 5.74) is 1.64. The Morgan fingerprint density at radius 1 is 1.06 bits per heavy atom. The molecule has 0 spiro atoms. The fourth-order valence-electron chi connectivity index (χ4n) is 3.36. The molecule has 7 heteroatoms. The molecule has 1 aliphatic rings. The maximum Gasteiger partial charge on any atom is 0.287 e. The number of furan rings is 1. The first-order valence-electron chi connectivity index (χ1n) is 10.3. The molecule has 162 valence electrons. The molecule has 31 heavy (non-hydrogen) atoms. The van der Waals surface area contributed by atoms with Crippen molar-refractivity contribution in [1.82, 2.24) is 10.2 Å². The van der Waals surface area contributed by atoms with Gasteiger partial charge in [-0.3, -0.25) is 9.69 Å². The van der Waals surface area contributed by atoms with Gasteiger partial charge < -0.3 is 19.2 Å². The van der Waals surface area contributed by atoms with Gasteiger partial charge in [0.25, 0.3) is 5.91 Å². The lowest BCUT2D eigenvalue weighted by Gasteiger charge is -2.26. The molecule has 2 heterocycles. The summed E-state index contributed by atoms with van der Waals surface area (Å²) in [7, 11) is 0. The Morgan fingerprint density at radius 2 is 1.87 bits per heavy atom. The van der Waals surface area contributed by atoms with E-state index in [0.29, 0.717) is 24.5 Å². The van der Waals surface area contributed by atoms with Gasteiger partial charge in [-0.15, -0.1) is 0 Å². The van der Waals surface area contributed by atoms with Crippen LogP contribution in [0.3, 0.4) is 0 Å². The number of nitrogens with one attached hydrogen (secondary N) is 1. The fourth-order valence-corrected chi connectivity index (χ4v) is 3.36. The van der Waals surface area contributed by atoms with Crippen molar-refractivity contribution in [3.63, 3.8) is 0 Å². The highest BCUT2D eigenvalue weighted by Crippen LogP contribution is 2.22. The summed E-state index contributed by atoms with van der Waals surface area (Å²) in [6, 6.07) is 16.9. The van der Waals surface area contributed by atoms with Crippen LogP contribution in [0, 0.1) is 5.82 Å². The molecule has 1 amide bonds. The van der Waals surface area contributed by atoms with Crippen LogP contribution >= 0.6 is 0 Å². The number of ether oxygens (including phenoxy) is 2. The van der Waals surface area contributed by atoms with Crippen LogP contribution in [0.4, 0.5) is 4.39 Å². The van der Waals surface area contributed by atoms with E-state index in [4.69, 9.17) is 13.9 Å². The topological polar surface area (TPSA) is 63.9 Å². The minimum Gasteiger partial charge on any atom is -0.492 e. The van der Waals surface area contributed by atoms with Gasteiger partial charge in [0.1, 0.15) is 23.9 Å². The van der Waals surface area contributed by atoms with Crippen LogP contribution in [0.5, 0.6) is 5.75 Å². The highest BCUT2D eigenvalue weighted by molar-refractivity contribution is 5.92. The second-order valence-electron chi connectivity index (χ2n) is 7.30. The Kier molecular flexibility index (Phi) is 6.96. The number of nitrogens with zero attached hydrogens (tertiary/aromatic N) is 1. The minimum absolute atomic E-state index is 0.206. The molecule has 0 atom stereocenters. The third kappa shape index (κ3) is 5.93. The predicted molar refractivity (Wildman–Crippen MR) is 114 cm³/mol. The van der Waals surface area contributed by atoms with E-state index in [0.717, 1.165) is 44.2 Å². The average molecular weight is 424 g/mol. The molecule has 3 aromatic rings. The molecule has 1 aliphatic heterocycles. The van der Waals surface area contributed by atoms with Gasteiger partial charge in [-0.25, -0.2) is 4.39 Å². The lowest BCUT2D eigenvalue weighted by atomic mass is 10.2. The largest absolute Gasteiger partial charge is 0.492 e. The number of carbonyl (C=O) groups excluding carboxylic acids is 1. The maximum atomic E-state index is 13.1. The van der Waals surface area contributed by atoms with E-state index in [1.54, 1.807) is 24.3 Å². The van der Waals surface area contributed by atoms with Crippen molar-refractivity contribution in [2.24, 2.45) is 0 Å². The number of rotatable bonds is 8. The standard InChI is InChI=1S/C24H25FN2O4/c25-20-6-4-19(5-7-20)22-8-9-23(31-22)24(28)26-17-18-2-1-3-21(16-18)30-15-12-27-10-13-29-14-11-27/h1-9,16H,10-15,17H2,(H,26,28). The molecule has 6 nitrogen and oxygen atoms in total. The quantitative estimate of drug-likeness (QED) is 0.597. The first-order chi connectivity index (χ1) is 15.2. The molecule has 0 bridgehead atoms. The lowest BCUT2D eigenvalue weighted by molar-refractivity contribution is 0.0322. The Balaban J connectivity index is 1.27. The maximum absolute atomic E-state index is 13.1. The number of morpholine rings is 1. The van der Waals surface area contributed by atoms with E-state index >= 15 is 0 Å². The molecule has 1 N–H and O–H groups in total. The van der Waals surface area contributed by atoms with Gasteiger partial charge in [0, 0.05) is 31.7 Å². The Hall–Kier alpha value is -3.16. The molecule has 0 aliphatic carbocycles. The van der Waals surface area contributed by atoms with E-state index < -0.39 is 0 Å². The summed E-state index contributed by atoms with van der Waals surface area (Å²) in [5.74, 6) is 0.863. The van der Waals surface area contributed by atoms with Gasteiger partial charge >= 0.3 is 0 Å². The number of hydrogen-bond donors (Lipinski definition) is 1. The van der Waals surface area contributed by atoms with Gasteiger partial charge in [-0.1, -0.05) is 12.1 Å². The van der Waals surface area contributed by atoms with Gasteiger partial charge in [0.15, 0.2) is 5.76 Å². The molecule has 4 rings (SSSR count). The Bertz CT molecular complexity index is 997. The van der Waals surface area contributed by atoms with Crippen LogP contribution in [0.25, 0.3) is 11.3 Å². The normalized spacial score (nSPS) is 14.4. The summed E-state index contributed by atoms with van der Waals surface area (Å²) in [6.07, 6.45) is 0. The van der Waals surface area contributed by atoms with E-state index in [1.807, 2.05) is 24.3 Å². The van der Waals surface area contributed by atoms with Crippen LogP contribution in [0.1, 0.15) is 16.1 Å². The molecular formula is C24H25FN2O4. The van der Waals surface area contributed by atoms with Crippen molar-refractivity contribution >= 4 is 5.91 Å². The van der Waals surface area contributed by atoms with Gasteiger partial charge in [-0.05, 0) is 54.1 Å². The number of hydrogen-bond acceptors (Lipinski definition) is 5. The van der Waals surface area contributed by atoms with Gasteiger partial charge in [0.2, 0.25) is 0 Å². The van der Waals surface area contributed by atoms with Crippen LogP contribution < -0.4 is 10.1 Å². The number of carbonyl (C=O) groups is 1. The SMILES string of the molecule is O=C(NCc1cccc(OCCN2CCOCC2)c1)c1ccc(-c2ccc(F)cc2)o1. The van der Waals surface area contributed by atoms with Crippen molar-refractivity contribution < 1.29 is 23.1 Å². The van der Waals surface area contributed by atoms with Gasteiger partial charge in [-0.2, -0.15) is 0 Å². The van der Waals surface area contributed by atoms with Crippen LogP contribution in [0.15, 0.2) is 65.1 Å². The van der Waals surface area contributed by atoms with Crippen molar-refractivity contribution in [1.29, 1.82) is 0 Å². The van der Waals surface area contributed by atoms with E-state index in [2.05, 4.69) is 10.2 Å². The first kappa shape index (κ1) is 21.1. The molecule has 0 saturated carbocycles. The average Bonchev–Trinajstić information content (AvgIpc) is 3.29.